The Bertz CT molecular complexity index is 692. The molecule has 3 rings (SSSR count). The van der Waals surface area contributed by atoms with Crippen LogP contribution in [0.1, 0.15) is 35.0 Å². The molecule has 1 aromatic carbocycles. The van der Waals surface area contributed by atoms with E-state index in [9.17, 15) is 9.59 Å². The number of nitrogens with zero attached hydrogens (tertiary/aromatic N) is 2. The molecule has 114 valence electrons. The quantitative estimate of drug-likeness (QED) is 0.614. The molecule has 1 aromatic heterocycles. The zero-order valence-corrected chi connectivity index (χ0v) is 11.9. The van der Waals surface area contributed by atoms with Gasteiger partial charge in [0.05, 0.1) is 0 Å². The van der Waals surface area contributed by atoms with Crippen molar-refractivity contribution in [2.24, 2.45) is 0 Å². The van der Waals surface area contributed by atoms with E-state index in [1.807, 2.05) is 0 Å². The Balaban J connectivity index is 1.60. The smallest absolute Gasteiger partial charge is 0.306 e. The van der Waals surface area contributed by atoms with Gasteiger partial charge in [-0.2, -0.15) is 0 Å². The minimum atomic E-state index is -0.666. The number of ketones is 1. The fraction of sp³-hybridized carbons (Fsp3) is 0.333. The fourth-order valence-corrected chi connectivity index (χ4v) is 2.15. The van der Waals surface area contributed by atoms with E-state index in [-0.39, 0.29) is 18.4 Å². The summed E-state index contributed by atoms with van der Waals surface area (Å²) in [6.07, 6.45) is 0.0637. The van der Waals surface area contributed by atoms with E-state index in [1.165, 1.54) is 0 Å². The van der Waals surface area contributed by atoms with Crippen LogP contribution in [0.5, 0.6) is 5.75 Å². The summed E-state index contributed by atoms with van der Waals surface area (Å²) in [4.78, 5) is 23.2. The Kier molecular flexibility index (Phi) is 3.86. The van der Waals surface area contributed by atoms with Gasteiger partial charge in [-0.25, -0.2) is 0 Å². The average molecular weight is 302 g/mol. The molecule has 0 aliphatic carbocycles. The van der Waals surface area contributed by atoms with Gasteiger partial charge in [-0.3, -0.25) is 9.59 Å². The highest BCUT2D eigenvalue weighted by Crippen LogP contribution is 2.20. The fourth-order valence-electron chi connectivity index (χ4n) is 2.15. The second-order valence-electron chi connectivity index (χ2n) is 4.91. The average Bonchev–Trinajstić information content (AvgIpc) is 3.13. The number of cyclic esters (lactones) is 1. The lowest BCUT2D eigenvalue weighted by molar-refractivity contribution is -0.140. The van der Waals surface area contributed by atoms with E-state index in [0.717, 1.165) is 0 Å². The number of Topliss-reactive ketones (excluding diaryl/α,β-unsaturated/α-hetero) is 1. The standard InChI is InChI=1S/C15H14N2O5/c1-9-16-17-13(21-9)8-20-11-4-2-10(3-5-11)15(19)12-6-7-14(18)22-12/h2-5,12H,6-8H2,1H3. The van der Waals surface area contributed by atoms with Crippen LogP contribution in [0.2, 0.25) is 0 Å². The van der Waals surface area contributed by atoms with Gasteiger partial charge in [0.1, 0.15) is 5.75 Å². The first kappa shape index (κ1) is 14.2. The van der Waals surface area contributed by atoms with Crippen LogP contribution in [0.4, 0.5) is 0 Å². The van der Waals surface area contributed by atoms with Gasteiger partial charge in [0, 0.05) is 25.3 Å². The van der Waals surface area contributed by atoms with Crippen molar-refractivity contribution in [1.29, 1.82) is 0 Å². The highest BCUT2D eigenvalue weighted by atomic mass is 16.6. The predicted molar refractivity (Wildman–Crippen MR) is 73.3 cm³/mol. The van der Waals surface area contributed by atoms with E-state index in [0.29, 0.717) is 35.9 Å². The lowest BCUT2D eigenvalue weighted by Crippen LogP contribution is -2.20. The number of hydrogen-bond acceptors (Lipinski definition) is 7. The molecule has 0 spiro atoms. The molecule has 1 fully saturated rings. The Morgan fingerprint density at radius 3 is 2.68 bits per heavy atom. The van der Waals surface area contributed by atoms with Crippen molar-refractivity contribution in [3.63, 3.8) is 0 Å². The van der Waals surface area contributed by atoms with Crippen molar-refractivity contribution in [1.82, 2.24) is 10.2 Å². The minimum absolute atomic E-state index is 0.161. The number of benzene rings is 1. The third kappa shape index (κ3) is 3.13. The second kappa shape index (κ2) is 5.97. The molecule has 1 atom stereocenters. The molecule has 0 amide bonds. The summed E-state index contributed by atoms with van der Waals surface area (Å²) in [5.74, 6) is 0.926. The Hall–Kier alpha value is -2.70. The van der Waals surface area contributed by atoms with Crippen molar-refractivity contribution in [3.05, 3.63) is 41.6 Å². The zero-order valence-electron chi connectivity index (χ0n) is 11.9. The number of esters is 1. The van der Waals surface area contributed by atoms with E-state index in [4.69, 9.17) is 13.9 Å². The van der Waals surface area contributed by atoms with Crippen molar-refractivity contribution >= 4 is 11.8 Å². The van der Waals surface area contributed by atoms with Gasteiger partial charge in [-0.15, -0.1) is 10.2 Å². The van der Waals surface area contributed by atoms with E-state index < -0.39 is 6.10 Å². The maximum atomic E-state index is 12.1. The maximum Gasteiger partial charge on any atom is 0.306 e. The molecular weight excluding hydrogens is 288 g/mol. The van der Waals surface area contributed by atoms with Crippen LogP contribution < -0.4 is 4.74 Å². The van der Waals surface area contributed by atoms with Crippen LogP contribution in [-0.2, 0) is 16.1 Å². The summed E-state index contributed by atoms with van der Waals surface area (Å²) in [6.45, 7) is 1.86. The third-order valence-corrected chi connectivity index (χ3v) is 3.25. The number of hydrogen-bond donors (Lipinski definition) is 0. The highest BCUT2D eigenvalue weighted by molar-refractivity contribution is 6.01. The van der Waals surface area contributed by atoms with E-state index >= 15 is 0 Å². The van der Waals surface area contributed by atoms with E-state index in [1.54, 1.807) is 31.2 Å². The molecule has 7 nitrogen and oxygen atoms in total. The molecule has 1 saturated heterocycles. The van der Waals surface area contributed by atoms with Crippen molar-refractivity contribution in [3.8, 4) is 5.75 Å². The molecule has 2 heterocycles. The maximum absolute atomic E-state index is 12.1. The lowest BCUT2D eigenvalue weighted by Gasteiger charge is -2.09. The summed E-state index contributed by atoms with van der Waals surface area (Å²) >= 11 is 0. The van der Waals surface area contributed by atoms with Crippen LogP contribution in [0, 0.1) is 6.92 Å². The van der Waals surface area contributed by atoms with Crippen molar-refractivity contribution in [2.75, 3.05) is 0 Å². The van der Waals surface area contributed by atoms with Gasteiger partial charge in [-0.05, 0) is 24.3 Å². The number of carbonyl (C=O) groups excluding carboxylic acids is 2. The van der Waals surface area contributed by atoms with Gasteiger partial charge in [0.15, 0.2) is 12.7 Å². The number of rotatable bonds is 5. The SMILES string of the molecule is Cc1nnc(COc2ccc(C(=O)C3CCC(=O)O3)cc2)o1. The Labute approximate surface area is 126 Å². The molecule has 1 aliphatic rings. The van der Waals surface area contributed by atoms with Gasteiger partial charge >= 0.3 is 5.97 Å². The molecule has 0 saturated carbocycles. The summed E-state index contributed by atoms with van der Waals surface area (Å²) in [5.41, 5.74) is 0.487. The Morgan fingerprint density at radius 2 is 2.09 bits per heavy atom. The van der Waals surface area contributed by atoms with Crippen molar-refractivity contribution < 1.29 is 23.5 Å². The van der Waals surface area contributed by atoms with E-state index in [2.05, 4.69) is 10.2 Å². The number of carbonyl (C=O) groups is 2. The second-order valence-corrected chi connectivity index (χ2v) is 4.91. The third-order valence-electron chi connectivity index (χ3n) is 3.25. The molecule has 1 aliphatic heterocycles. The van der Waals surface area contributed by atoms with Gasteiger partial charge in [-0.1, -0.05) is 0 Å². The normalized spacial score (nSPS) is 17.3. The van der Waals surface area contributed by atoms with Gasteiger partial charge in [0.2, 0.25) is 11.7 Å². The summed E-state index contributed by atoms with van der Waals surface area (Å²) in [6, 6.07) is 6.63. The van der Waals surface area contributed by atoms with Crippen LogP contribution in [0.15, 0.2) is 28.7 Å². The number of aryl methyl sites for hydroxylation is 1. The highest BCUT2D eigenvalue weighted by Gasteiger charge is 2.30. The summed E-state index contributed by atoms with van der Waals surface area (Å²) < 4.78 is 15.7. The number of ether oxygens (including phenoxy) is 2. The molecule has 0 N–H and O–H groups in total. The molecule has 1 unspecified atom stereocenters. The lowest BCUT2D eigenvalue weighted by atomic mass is 10.0. The zero-order chi connectivity index (χ0) is 15.5. The molecule has 7 heteroatoms. The monoisotopic (exact) mass is 302 g/mol. The largest absolute Gasteiger partial charge is 0.484 e. The topological polar surface area (TPSA) is 91.5 Å². The van der Waals surface area contributed by atoms with Crippen LogP contribution in [0.25, 0.3) is 0 Å². The molecular formula is C15H14N2O5. The molecule has 0 radical (unpaired) electrons. The molecule has 22 heavy (non-hydrogen) atoms. The van der Waals surface area contributed by atoms with Crippen LogP contribution >= 0.6 is 0 Å². The molecule has 2 aromatic rings. The summed E-state index contributed by atoms with van der Waals surface area (Å²) in [7, 11) is 0. The first-order chi connectivity index (χ1) is 10.6. The van der Waals surface area contributed by atoms with Crippen LogP contribution in [-0.4, -0.2) is 28.1 Å². The minimum Gasteiger partial charge on any atom is -0.484 e. The summed E-state index contributed by atoms with van der Waals surface area (Å²) in [5, 5.41) is 7.53. The first-order valence-corrected chi connectivity index (χ1v) is 6.87. The van der Waals surface area contributed by atoms with Gasteiger partial charge < -0.3 is 13.9 Å². The predicted octanol–water partition coefficient (Wildman–Crippen LogP) is 1.85. The van der Waals surface area contributed by atoms with Gasteiger partial charge in [0.25, 0.3) is 5.89 Å². The van der Waals surface area contributed by atoms with Crippen molar-refractivity contribution in [2.45, 2.75) is 32.5 Å². The molecule has 0 bridgehead atoms. The number of aromatic nitrogens is 2. The first-order valence-electron chi connectivity index (χ1n) is 6.87. The van der Waals surface area contributed by atoms with Crippen LogP contribution in [0.3, 0.4) is 0 Å². The Morgan fingerprint density at radius 1 is 1.32 bits per heavy atom.